The molecule has 5 rings (SSSR count). The maximum atomic E-state index is 5.89. The largest absolute Gasteiger partial charge is 0.489 e. The number of piperazine rings is 1. The highest BCUT2D eigenvalue weighted by Gasteiger charge is 2.25. The predicted molar refractivity (Wildman–Crippen MR) is 143 cm³/mol. The Hall–Kier alpha value is -3.89. The number of ether oxygens (including phenoxy) is 1. The standard InChI is InChI=1S/C31H31N3O/c1-4-10-27(11-5-1)25-35-30-18-16-26(17-19-30)24-32-34-22-20-33(21-23-34)31(28-12-6-2-7-13-28)29-14-8-3-9-15-29/h1-19,24,31H,20-23,25H2/b32-24-. The third-order valence-corrected chi connectivity index (χ3v) is 6.38. The first-order valence-corrected chi connectivity index (χ1v) is 12.2. The fourth-order valence-corrected chi connectivity index (χ4v) is 4.51. The topological polar surface area (TPSA) is 28.1 Å². The molecule has 35 heavy (non-hydrogen) atoms. The Kier molecular flexibility index (Phi) is 7.52. The van der Waals surface area contributed by atoms with E-state index in [1.807, 2.05) is 36.5 Å². The molecule has 176 valence electrons. The van der Waals surface area contributed by atoms with Crippen LogP contribution in [0.3, 0.4) is 0 Å². The zero-order valence-corrected chi connectivity index (χ0v) is 19.9. The van der Waals surface area contributed by atoms with Crippen molar-refractivity contribution in [1.82, 2.24) is 9.91 Å². The quantitative estimate of drug-likeness (QED) is 0.301. The minimum absolute atomic E-state index is 0.270. The molecule has 0 aliphatic carbocycles. The summed E-state index contributed by atoms with van der Waals surface area (Å²) in [5, 5.41) is 6.93. The third-order valence-electron chi connectivity index (χ3n) is 6.38. The van der Waals surface area contributed by atoms with Crippen LogP contribution in [0.2, 0.25) is 0 Å². The first-order chi connectivity index (χ1) is 17.3. The number of hydrogen-bond donors (Lipinski definition) is 0. The van der Waals surface area contributed by atoms with Crippen LogP contribution in [0.25, 0.3) is 0 Å². The summed E-state index contributed by atoms with van der Waals surface area (Å²) in [7, 11) is 0. The van der Waals surface area contributed by atoms with Gasteiger partial charge in [0, 0.05) is 26.2 Å². The molecule has 0 saturated carbocycles. The van der Waals surface area contributed by atoms with Crippen molar-refractivity contribution in [3.8, 4) is 5.75 Å². The van der Waals surface area contributed by atoms with Crippen molar-refractivity contribution in [3.05, 3.63) is 138 Å². The fourth-order valence-electron chi connectivity index (χ4n) is 4.51. The SMILES string of the molecule is C(=N/N1CCN(C(c2ccccc2)c2ccccc2)CC1)/c1ccc(OCc2ccccc2)cc1. The van der Waals surface area contributed by atoms with E-state index in [-0.39, 0.29) is 6.04 Å². The monoisotopic (exact) mass is 461 g/mol. The van der Waals surface area contributed by atoms with E-state index in [1.165, 1.54) is 16.7 Å². The summed E-state index contributed by atoms with van der Waals surface area (Å²) >= 11 is 0. The lowest BCUT2D eigenvalue weighted by atomic mass is 9.96. The normalized spacial score (nSPS) is 14.5. The van der Waals surface area contributed by atoms with Crippen LogP contribution < -0.4 is 4.74 Å². The van der Waals surface area contributed by atoms with Crippen LogP contribution in [0, 0.1) is 0 Å². The summed E-state index contributed by atoms with van der Waals surface area (Å²) < 4.78 is 5.89. The lowest BCUT2D eigenvalue weighted by Gasteiger charge is -2.38. The van der Waals surface area contributed by atoms with Crippen LogP contribution >= 0.6 is 0 Å². The van der Waals surface area contributed by atoms with Gasteiger partial charge < -0.3 is 4.74 Å². The second-order valence-corrected chi connectivity index (χ2v) is 8.80. The summed E-state index contributed by atoms with van der Waals surface area (Å²) in [5.74, 6) is 0.868. The van der Waals surface area contributed by atoms with Crippen molar-refractivity contribution in [2.24, 2.45) is 5.10 Å². The Labute approximate surface area is 208 Å². The van der Waals surface area contributed by atoms with E-state index in [4.69, 9.17) is 9.84 Å². The number of rotatable bonds is 8. The van der Waals surface area contributed by atoms with Crippen molar-refractivity contribution in [2.45, 2.75) is 12.6 Å². The first-order valence-electron chi connectivity index (χ1n) is 12.2. The predicted octanol–water partition coefficient (Wildman–Crippen LogP) is 6.01. The van der Waals surface area contributed by atoms with Crippen LogP contribution in [0.4, 0.5) is 0 Å². The van der Waals surface area contributed by atoms with Gasteiger partial charge in [0.15, 0.2) is 0 Å². The molecule has 0 spiro atoms. The molecular weight excluding hydrogens is 430 g/mol. The molecule has 1 saturated heterocycles. The second-order valence-electron chi connectivity index (χ2n) is 8.80. The average molecular weight is 462 g/mol. The zero-order valence-electron chi connectivity index (χ0n) is 19.9. The summed E-state index contributed by atoms with van der Waals surface area (Å²) in [6, 6.07) is 40.2. The Bertz CT molecular complexity index is 1150. The molecule has 4 aromatic rings. The Morgan fingerprint density at radius 2 is 1.20 bits per heavy atom. The molecule has 0 amide bonds. The number of benzene rings is 4. The average Bonchev–Trinajstić information content (AvgIpc) is 2.94. The Balaban J connectivity index is 1.17. The van der Waals surface area contributed by atoms with Crippen molar-refractivity contribution in [1.29, 1.82) is 0 Å². The molecule has 1 fully saturated rings. The lowest BCUT2D eigenvalue weighted by Crippen LogP contribution is -2.45. The number of hydrazone groups is 1. The van der Waals surface area contributed by atoms with Gasteiger partial charge in [0.25, 0.3) is 0 Å². The van der Waals surface area contributed by atoms with Gasteiger partial charge in [-0.15, -0.1) is 0 Å². The van der Waals surface area contributed by atoms with E-state index in [0.717, 1.165) is 37.5 Å². The molecule has 4 nitrogen and oxygen atoms in total. The van der Waals surface area contributed by atoms with E-state index in [0.29, 0.717) is 6.61 Å². The van der Waals surface area contributed by atoms with Gasteiger partial charge in [0.2, 0.25) is 0 Å². The highest BCUT2D eigenvalue weighted by atomic mass is 16.5. The summed E-state index contributed by atoms with van der Waals surface area (Å²) in [6.45, 7) is 4.33. The molecular formula is C31H31N3O. The molecule has 4 heteroatoms. The highest BCUT2D eigenvalue weighted by molar-refractivity contribution is 5.79. The molecule has 1 heterocycles. The van der Waals surface area contributed by atoms with Crippen LogP contribution in [0.1, 0.15) is 28.3 Å². The second kappa shape index (κ2) is 11.5. The number of hydrogen-bond acceptors (Lipinski definition) is 4. The molecule has 0 atom stereocenters. The van der Waals surface area contributed by atoms with Crippen LogP contribution in [0.15, 0.2) is 120 Å². The fraction of sp³-hybridized carbons (Fsp3) is 0.194. The Morgan fingerprint density at radius 1 is 0.657 bits per heavy atom. The van der Waals surface area contributed by atoms with Crippen LogP contribution in [-0.4, -0.2) is 42.3 Å². The van der Waals surface area contributed by atoms with Gasteiger partial charge in [-0.1, -0.05) is 91.0 Å². The smallest absolute Gasteiger partial charge is 0.119 e. The van der Waals surface area contributed by atoms with E-state index < -0.39 is 0 Å². The summed E-state index contributed by atoms with van der Waals surface area (Å²) in [4.78, 5) is 2.57. The maximum absolute atomic E-state index is 5.89. The van der Waals surface area contributed by atoms with E-state index in [9.17, 15) is 0 Å². The third kappa shape index (κ3) is 6.17. The van der Waals surface area contributed by atoms with Crippen molar-refractivity contribution < 1.29 is 4.74 Å². The minimum atomic E-state index is 0.270. The van der Waals surface area contributed by atoms with Crippen LogP contribution in [0.5, 0.6) is 5.75 Å². The van der Waals surface area contributed by atoms with Gasteiger partial charge in [-0.3, -0.25) is 9.91 Å². The highest BCUT2D eigenvalue weighted by Crippen LogP contribution is 2.29. The van der Waals surface area contributed by atoms with Gasteiger partial charge in [-0.2, -0.15) is 5.10 Å². The van der Waals surface area contributed by atoms with Crippen LogP contribution in [-0.2, 0) is 6.61 Å². The molecule has 0 radical (unpaired) electrons. The Morgan fingerprint density at radius 3 is 1.77 bits per heavy atom. The first kappa shape index (κ1) is 22.9. The van der Waals surface area contributed by atoms with Crippen molar-refractivity contribution in [2.75, 3.05) is 26.2 Å². The number of nitrogens with zero attached hydrogens (tertiary/aromatic N) is 3. The van der Waals surface area contributed by atoms with E-state index in [2.05, 4.69) is 94.8 Å². The minimum Gasteiger partial charge on any atom is -0.489 e. The van der Waals surface area contributed by atoms with Gasteiger partial charge in [0.05, 0.1) is 12.3 Å². The van der Waals surface area contributed by atoms with Crippen molar-refractivity contribution >= 4 is 6.21 Å². The molecule has 1 aliphatic heterocycles. The molecule has 0 unspecified atom stereocenters. The molecule has 4 aromatic carbocycles. The summed E-state index contributed by atoms with van der Waals surface area (Å²) in [6.07, 6.45) is 1.95. The molecule has 1 aliphatic rings. The lowest BCUT2D eigenvalue weighted by molar-refractivity contribution is 0.113. The summed E-state index contributed by atoms with van der Waals surface area (Å²) in [5.41, 5.74) is 4.92. The molecule has 0 bridgehead atoms. The van der Waals surface area contributed by atoms with Crippen molar-refractivity contribution in [3.63, 3.8) is 0 Å². The molecule has 0 N–H and O–H groups in total. The van der Waals surface area contributed by atoms with Gasteiger partial charge in [0.1, 0.15) is 12.4 Å². The van der Waals surface area contributed by atoms with E-state index in [1.54, 1.807) is 0 Å². The van der Waals surface area contributed by atoms with Gasteiger partial charge in [-0.25, -0.2) is 0 Å². The van der Waals surface area contributed by atoms with Gasteiger partial charge in [-0.05, 0) is 46.5 Å². The molecule has 0 aromatic heterocycles. The maximum Gasteiger partial charge on any atom is 0.119 e. The van der Waals surface area contributed by atoms with E-state index >= 15 is 0 Å². The zero-order chi connectivity index (χ0) is 23.7. The van der Waals surface area contributed by atoms with Gasteiger partial charge >= 0.3 is 0 Å².